The molecule has 4 N–H and O–H groups in total. The number of carbonyl (C=O) groups excluding carboxylic acids is 2. The second-order valence-electron chi connectivity index (χ2n) is 4.79. The van der Waals surface area contributed by atoms with Crippen molar-refractivity contribution < 1.29 is 34.1 Å². The number of nitrogens with one attached hydrogen (secondary N) is 2. The summed E-state index contributed by atoms with van der Waals surface area (Å²) in [5.41, 5.74) is -1.59. The number of aliphatic carboxylic acids is 1. The summed E-state index contributed by atoms with van der Waals surface area (Å²) in [6.45, 7) is 0.568. The summed E-state index contributed by atoms with van der Waals surface area (Å²) in [5, 5.41) is 22.9. The summed E-state index contributed by atoms with van der Waals surface area (Å²) in [6.07, 6.45) is 0. The lowest BCUT2D eigenvalue weighted by molar-refractivity contribution is -0.155. The molecule has 23 heavy (non-hydrogen) atoms. The van der Waals surface area contributed by atoms with Gasteiger partial charge in [-0.15, -0.1) is 0 Å². The van der Waals surface area contributed by atoms with Gasteiger partial charge in [0.1, 0.15) is 5.75 Å². The van der Waals surface area contributed by atoms with Crippen LogP contribution >= 0.6 is 0 Å². The molecule has 9 heteroatoms. The van der Waals surface area contributed by atoms with Crippen LogP contribution in [0.2, 0.25) is 0 Å². The van der Waals surface area contributed by atoms with Gasteiger partial charge in [0, 0.05) is 0 Å². The van der Waals surface area contributed by atoms with Gasteiger partial charge in [0.2, 0.25) is 0 Å². The minimum Gasteiger partial charge on any atom is -0.495 e. The molecule has 1 aromatic rings. The number of carbonyl (C=O) groups is 3. The molecule has 0 radical (unpaired) electrons. The largest absolute Gasteiger partial charge is 0.495 e. The Labute approximate surface area is 132 Å². The van der Waals surface area contributed by atoms with Gasteiger partial charge in [0.05, 0.1) is 32.0 Å². The van der Waals surface area contributed by atoms with Crippen LogP contribution in [0.25, 0.3) is 0 Å². The number of amides is 2. The highest BCUT2D eigenvalue weighted by atomic mass is 16.5. The lowest BCUT2D eigenvalue weighted by Gasteiger charge is -2.19. The maximum absolute atomic E-state index is 11.8. The van der Waals surface area contributed by atoms with Crippen molar-refractivity contribution in [2.24, 2.45) is 0 Å². The first-order chi connectivity index (χ1) is 10.7. The number of esters is 1. The van der Waals surface area contributed by atoms with Gasteiger partial charge < -0.3 is 30.3 Å². The molecule has 0 fully saturated rings. The SMILES string of the molecule is COC(=O)c1ccc(NC(=O)NCC(C)(O)C(=O)O)c(OC)c1. The quantitative estimate of drug-likeness (QED) is 0.557. The zero-order chi connectivity index (χ0) is 17.6. The van der Waals surface area contributed by atoms with Gasteiger partial charge in [-0.1, -0.05) is 0 Å². The van der Waals surface area contributed by atoms with Crippen LogP contribution in [0.15, 0.2) is 18.2 Å². The van der Waals surface area contributed by atoms with Crippen LogP contribution in [-0.4, -0.2) is 54.5 Å². The van der Waals surface area contributed by atoms with Gasteiger partial charge in [-0.2, -0.15) is 0 Å². The van der Waals surface area contributed by atoms with Crippen molar-refractivity contribution in [1.29, 1.82) is 0 Å². The lowest BCUT2D eigenvalue weighted by atomic mass is 10.1. The summed E-state index contributed by atoms with van der Waals surface area (Å²) >= 11 is 0. The fourth-order valence-corrected chi connectivity index (χ4v) is 1.53. The molecule has 1 rings (SSSR count). The van der Waals surface area contributed by atoms with E-state index >= 15 is 0 Å². The van der Waals surface area contributed by atoms with Crippen molar-refractivity contribution in [3.8, 4) is 5.75 Å². The number of methoxy groups -OCH3 is 2. The molecule has 1 atom stereocenters. The van der Waals surface area contributed by atoms with Crippen LogP contribution in [-0.2, 0) is 9.53 Å². The second-order valence-corrected chi connectivity index (χ2v) is 4.79. The van der Waals surface area contributed by atoms with Gasteiger partial charge >= 0.3 is 18.0 Å². The zero-order valence-corrected chi connectivity index (χ0v) is 12.9. The Kier molecular flexibility index (Phi) is 5.91. The molecule has 9 nitrogen and oxygen atoms in total. The van der Waals surface area contributed by atoms with E-state index in [0.717, 1.165) is 6.92 Å². The lowest BCUT2D eigenvalue weighted by Crippen LogP contribution is -2.47. The van der Waals surface area contributed by atoms with E-state index in [9.17, 15) is 19.5 Å². The van der Waals surface area contributed by atoms with Gasteiger partial charge in [-0.3, -0.25) is 0 Å². The number of aliphatic hydroxyl groups is 1. The van der Waals surface area contributed by atoms with E-state index in [2.05, 4.69) is 15.4 Å². The average molecular weight is 326 g/mol. The van der Waals surface area contributed by atoms with E-state index in [-0.39, 0.29) is 17.0 Å². The Morgan fingerprint density at radius 2 is 1.91 bits per heavy atom. The van der Waals surface area contributed by atoms with Crippen molar-refractivity contribution >= 4 is 23.7 Å². The summed E-state index contributed by atoms with van der Waals surface area (Å²) in [4.78, 5) is 33.9. The smallest absolute Gasteiger partial charge is 0.337 e. The number of carboxylic acids is 1. The number of anilines is 1. The number of hydrogen-bond acceptors (Lipinski definition) is 6. The first-order valence-corrected chi connectivity index (χ1v) is 6.48. The van der Waals surface area contributed by atoms with Crippen LogP contribution in [0.4, 0.5) is 10.5 Å². The minimum atomic E-state index is -2.09. The molecule has 0 spiro atoms. The molecule has 0 aliphatic rings. The summed E-state index contributed by atoms with van der Waals surface area (Å²) in [5.74, 6) is -1.80. The van der Waals surface area contributed by atoms with Crippen molar-refractivity contribution in [2.75, 3.05) is 26.1 Å². The molecule has 0 saturated carbocycles. The van der Waals surface area contributed by atoms with E-state index in [4.69, 9.17) is 9.84 Å². The second kappa shape index (κ2) is 7.45. The van der Waals surface area contributed by atoms with Crippen LogP contribution < -0.4 is 15.4 Å². The predicted molar refractivity (Wildman–Crippen MR) is 79.6 cm³/mol. The fraction of sp³-hybridized carbons (Fsp3) is 0.357. The standard InChI is InChI=1S/C14H18N2O7/c1-14(21,12(18)19)7-15-13(20)16-9-5-4-8(11(17)23-3)6-10(9)22-2/h4-6,21H,7H2,1-3H3,(H,18,19)(H2,15,16,20). The topological polar surface area (TPSA) is 134 Å². The van der Waals surface area contributed by atoms with Crippen molar-refractivity contribution in [3.05, 3.63) is 23.8 Å². The number of hydrogen-bond donors (Lipinski definition) is 4. The monoisotopic (exact) mass is 326 g/mol. The Hall–Kier alpha value is -2.81. The third kappa shape index (κ3) is 4.85. The molecule has 126 valence electrons. The van der Waals surface area contributed by atoms with Gasteiger partial charge in [0.25, 0.3) is 0 Å². The maximum Gasteiger partial charge on any atom is 0.337 e. The Morgan fingerprint density at radius 1 is 1.26 bits per heavy atom. The molecule has 2 amide bonds. The summed E-state index contributed by atoms with van der Waals surface area (Å²) in [6, 6.07) is 3.50. The Balaban J connectivity index is 2.78. The maximum atomic E-state index is 11.8. The number of ether oxygens (including phenoxy) is 2. The Morgan fingerprint density at radius 3 is 2.43 bits per heavy atom. The van der Waals surface area contributed by atoms with Gasteiger partial charge in [-0.25, -0.2) is 14.4 Å². The van der Waals surface area contributed by atoms with Crippen LogP contribution in [0.5, 0.6) is 5.75 Å². The molecular formula is C14H18N2O7. The molecule has 0 saturated heterocycles. The molecule has 0 heterocycles. The molecule has 1 aromatic carbocycles. The number of rotatable bonds is 6. The van der Waals surface area contributed by atoms with Crippen LogP contribution in [0.3, 0.4) is 0 Å². The highest BCUT2D eigenvalue weighted by molar-refractivity contribution is 5.94. The van der Waals surface area contributed by atoms with E-state index in [0.29, 0.717) is 0 Å². The predicted octanol–water partition coefficient (Wildman–Crippen LogP) is 0.439. The van der Waals surface area contributed by atoms with Crippen molar-refractivity contribution in [2.45, 2.75) is 12.5 Å². The molecule has 0 aromatic heterocycles. The fourth-order valence-electron chi connectivity index (χ4n) is 1.53. The highest BCUT2D eigenvalue weighted by Gasteiger charge is 2.30. The van der Waals surface area contributed by atoms with E-state index in [1.165, 1.54) is 32.4 Å². The third-order valence-corrected chi connectivity index (χ3v) is 2.92. The van der Waals surface area contributed by atoms with Crippen molar-refractivity contribution in [1.82, 2.24) is 5.32 Å². The van der Waals surface area contributed by atoms with E-state index in [1.807, 2.05) is 0 Å². The van der Waals surface area contributed by atoms with Crippen molar-refractivity contribution in [3.63, 3.8) is 0 Å². The summed E-state index contributed by atoms with van der Waals surface area (Å²) in [7, 11) is 2.59. The van der Waals surface area contributed by atoms with Gasteiger partial charge in [-0.05, 0) is 25.1 Å². The Bertz CT molecular complexity index is 613. The van der Waals surface area contributed by atoms with Crippen LogP contribution in [0.1, 0.15) is 17.3 Å². The molecular weight excluding hydrogens is 308 g/mol. The molecule has 0 aliphatic carbocycles. The normalized spacial score (nSPS) is 12.7. The molecule has 0 bridgehead atoms. The summed E-state index contributed by atoms with van der Waals surface area (Å²) < 4.78 is 9.65. The molecule has 1 unspecified atom stereocenters. The van der Waals surface area contributed by atoms with Gasteiger partial charge in [0.15, 0.2) is 5.60 Å². The number of carboxylic acid groups (broad SMARTS) is 1. The van der Waals surface area contributed by atoms with E-state index < -0.39 is 30.1 Å². The average Bonchev–Trinajstić information content (AvgIpc) is 2.52. The first-order valence-electron chi connectivity index (χ1n) is 6.48. The van der Waals surface area contributed by atoms with Crippen LogP contribution in [0, 0.1) is 0 Å². The number of benzene rings is 1. The first kappa shape index (κ1) is 18.2. The minimum absolute atomic E-state index is 0.216. The third-order valence-electron chi connectivity index (χ3n) is 2.92. The number of urea groups is 1. The highest BCUT2D eigenvalue weighted by Crippen LogP contribution is 2.25. The van der Waals surface area contributed by atoms with E-state index in [1.54, 1.807) is 0 Å². The zero-order valence-electron chi connectivity index (χ0n) is 12.9. The molecule has 0 aliphatic heterocycles.